The van der Waals surface area contributed by atoms with Crippen LogP contribution in [0.3, 0.4) is 0 Å². The van der Waals surface area contributed by atoms with Gasteiger partial charge in [-0.05, 0) is 59.6 Å². The molecule has 0 radical (unpaired) electrons. The second-order valence-electron chi connectivity index (χ2n) is 8.27. The predicted molar refractivity (Wildman–Crippen MR) is 85.4 cm³/mol. The number of ketones is 1. The lowest BCUT2D eigenvalue weighted by Crippen LogP contribution is -2.51. The minimum atomic E-state index is -0.707. The first-order valence-corrected chi connectivity index (χ1v) is 8.49. The normalized spacial score (nSPS) is 45.3. The Hall–Kier alpha value is -1.39. The van der Waals surface area contributed by atoms with E-state index in [-0.39, 0.29) is 34.2 Å². The van der Waals surface area contributed by atoms with Gasteiger partial charge in [-0.25, -0.2) is 0 Å². The molecule has 0 aromatic heterocycles. The highest BCUT2D eigenvalue weighted by molar-refractivity contribution is 6.00. The van der Waals surface area contributed by atoms with E-state index in [1.165, 1.54) is 0 Å². The maximum atomic E-state index is 12.7. The van der Waals surface area contributed by atoms with Crippen molar-refractivity contribution in [1.82, 2.24) is 0 Å². The Labute approximate surface area is 136 Å². The fourth-order valence-corrected chi connectivity index (χ4v) is 5.95. The number of carbonyl (C=O) groups excluding carboxylic acids is 1. The minimum Gasteiger partial charge on any atom is -0.508 e. The van der Waals surface area contributed by atoms with E-state index in [9.17, 15) is 20.1 Å². The van der Waals surface area contributed by atoms with Gasteiger partial charge >= 0.3 is 0 Å². The first-order valence-electron chi connectivity index (χ1n) is 8.49. The van der Waals surface area contributed by atoms with Gasteiger partial charge < -0.3 is 15.3 Å². The van der Waals surface area contributed by atoms with Crippen molar-refractivity contribution in [3.05, 3.63) is 29.3 Å². The average molecular weight is 316 g/mol. The van der Waals surface area contributed by atoms with Crippen molar-refractivity contribution in [3.8, 4) is 5.75 Å². The van der Waals surface area contributed by atoms with Crippen LogP contribution in [0, 0.1) is 16.7 Å². The largest absolute Gasteiger partial charge is 0.508 e. The molecular weight excluding hydrogens is 292 g/mol. The standard InChI is InChI=1S/C19H24O4/c1-18-6-5-13-11-4-3-10(20)7-12(11)15(22)9-19(13,2)16(18)8-14(21)17(18)23/h3-4,7,13-14,16-17,20-21,23H,5-6,8-9H2,1-2H3/t13-,14+,16+,17-,18+,19-/m0/s1. The molecule has 0 heterocycles. The van der Waals surface area contributed by atoms with Gasteiger partial charge in [0.15, 0.2) is 5.78 Å². The van der Waals surface area contributed by atoms with Crippen molar-refractivity contribution < 1.29 is 20.1 Å². The van der Waals surface area contributed by atoms with Crippen molar-refractivity contribution >= 4 is 5.78 Å². The van der Waals surface area contributed by atoms with Crippen LogP contribution < -0.4 is 0 Å². The smallest absolute Gasteiger partial charge is 0.163 e. The second-order valence-corrected chi connectivity index (χ2v) is 8.27. The number of hydrogen-bond acceptors (Lipinski definition) is 4. The van der Waals surface area contributed by atoms with E-state index in [0.717, 1.165) is 18.4 Å². The molecule has 1 aromatic rings. The number of aliphatic hydroxyl groups excluding tert-OH is 2. The van der Waals surface area contributed by atoms with Gasteiger partial charge in [-0.1, -0.05) is 19.9 Å². The number of phenols is 1. The number of carbonyl (C=O) groups is 1. The molecule has 0 amide bonds. The molecule has 6 atom stereocenters. The van der Waals surface area contributed by atoms with Crippen molar-refractivity contribution in [2.24, 2.45) is 16.7 Å². The molecule has 0 bridgehead atoms. The third kappa shape index (κ3) is 1.82. The zero-order chi connectivity index (χ0) is 16.6. The highest BCUT2D eigenvalue weighted by Gasteiger charge is 2.63. The molecule has 0 saturated heterocycles. The molecule has 0 unspecified atom stereocenters. The van der Waals surface area contributed by atoms with Gasteiger partial charge in [-0.2, -0.15) is 0 Å². The topological polar surface area (TPSA) is 77.8 Å². The Morgan fingerprint density at radius 2 is 1.91 bits per heavy atom. The number of aliphatic hydroxyl groups is 2. The summed E-state index contributed by atoms with van der Waals surface area (Å²) in [5.74, 6) is 0.568. The first-order chi connectivity index (χ1) is 10.8. The molecule has 0 aliphatic heterocycles. The number of phenolic OH excluding ortho intramolecular Hbond substituents is 1. The quantitative estimate of drug-likeness (QED) is 0.687. The zero-order valence-electron chi connectivity index (χ0n) is 13.6. The lowest BCUT2D eigenvalue weighted by molar-refractivity contribution is -0.0750. The van der Waals surface area contributed by atoms with Crippen LogP contribution in [-0.2, 0) is 0 Å². The highest BCUT2D eigenvalue weighted by Crippen LogP contribution is 2.66. The summed E-state index contributed by atoms with van der Waals surface area (Å²) in [5, 5.41) is 30.4. The summed E-state index contributed by atoms with van der Waals surface area (Å²) in [6.07, 6.45) is 1.33. The van der Waals surface area contributed by atoms with Crippen LogP contribution in [0.1, 0.15) is 61.4 Å². The van der Waals surface area contributed by atoms with Gasteiger partial charge in [0.05, 0.1) is 12.2 Å². The van der Waals surface area contributed by atoms with Crippen LogP contribution in [0.25, 0.3) is 0 Å². The predicted octanol–water partition coefficient (Wildman–Crippen LogP) is 2.61. The monoisotopic (exact) mass is 316 g/mol. The van der Waals surface area contributed by atoms with Gasteiger partial charge in [-0.15, -0.1) is 0 Å². The van der Waals surface area contributed by atoms with Gasteiger partial charge in [0.25, 0.3) is 0 Å². The summed E-state index contributed by atoms with van der Waals surface area (Å²) in [6, 6.07) is 5.13. The van der Waals surface area contributed by atoms with Crippen molar-refractivity contribution in [3.63, 3.8) is 0 Å². The molecule has 4 nitrogen and oxygen atoms in total. The molecule has 23 heavy (non-hydrogen) atoms. The van der Waals surface area contributed by atoms with Gasteiger partial charge in [0, 0.05) is 12.0 Å². The first kappa shape index (κ1) is 15.2. The molecule has 4 rings (SSSR count). The second kappa shape index (κ2) is 4.58. The molecule has 2 saturated carbocycles. The SMILES string of the molecule is C[C@]12CC(=O)c3cc(O)ccc3[C@@H]1CC[C@]1(C)[C@H]2C[C@@H](O)[C@@H]1O. The highest BCUT2D eigenvalue weighted by atomic mass is 16.3. The van der Waals surface area contributed by atoms with Gasteiger partial charge in [0.2, 0.25) is 0 Å². The molecule has 3 aliphatic rings. The number of rotatable bonds is 0. The van der Waals surface area contributed by atoms with E-state index < -0.39 is 12.2 Å². The van der Waals surface area contributed by atoms with Crippen LogP contribution in [0.4, 0.5) is 0 Å². The summed E-state index contributed by atoms with van der Waals surface area (Å²) in [5.41, 5.74) is 1.11. The fourth-order valence-electron chi connectivity index (χ4n) is 5.95. The van der Waals surface area contributed by atoms with Crippen LogP contribution in [-0.4, -0.2) is 33.3 Å². The summed E-state index contributed by atoms with van der Waals surface area (Å²) in [6.45, 7) is 4.22. The van der Waals surface area contributed by atoms with E-state index in [0.29, 0.717) is 18.4 Å². The lowest BCUT2D eigenvalue weighted by atomic mass is 9.48. The van der Waals surface area contributed by atoms with Crippen LogP contribution in [0.15, 0.2) is 18.2 Å². The number of hydrogen-bond donors (Lipinski definition) is 3. The fraction of sp³-hybridized carbons (Fsp3) is 0.632. The van der Waals surface area contributed by atoms with Crippen molar-refractivity contribution in [2.75, 3.05) is 0 Å². The van der Waals surface area contributed by atoms with Gasteiger partial charge in [0.1, 0.15) is 5.75 Å². The zero-order valence-corrected chi connectivity index (χ0v) is 13.6. The van der Waals surface area contributed by atoms with Gasteiger partial charge in [-0.3, -0.25) is 4.79 Å². The summed E-state index contributed by atoms with van der Waals surface area (Å²) < 4.78 is 0. The summed E-state index contributed by atoms with van der Waals surface area (Å²) >= 11 is 0. The molecule has 0 spiro atoms. The summed E-state index contributed by atoms with van der Waals surface area (Å²) in [4.78, 5) is 12.7. The third-order valence-electron chi connectivity index (χ3n) is 7.13. The molecule has 124 valence electrons. The Bertz CT molecular complexity index is 684. The maximum Gasteiger partial charge on any atom is 0.163 e. The number of benzene rings is 1. The van der Waals surface area contributed by atoms with Crippen LogP contribution in [0.5, 0.6) is 5.75 Å². The average Bonchev–Trinajstić information content (AvgIpc) is 2.73. The molecular formula is C19H24O4. The number of fused-ring (bicyclic) bond motifs is 5. The van der Waals surface area contributed by atoms with E-state index in [2.05, 4.69) is 13.8 Å². The Kier molecular flexibility index (Phi) is 3.02. The van der Waals surface area contributed by atoms with Crippen LogP contribution >= 0.6 is 0 Å². The molecule has 3 aliphatic carbocycles. The number of Topliss-reactive ketones (excluding diaryl/α,β-unsaturated/α-hetero) is 1. The van der Waals surface area contributed by atoms with E-state index in [1.54, 1.807) is 12.1 Å². The lowest BCUT2D eigenvalue weighted by Gasteiger charge is -2.56. The molecule has 3 N–H and O–H groups in total. The molecule has 2 fully saturated rings. The maximum absolute atomic E-state index is 12.7. The summed E-state index contributed by atoms with van der Waals surface area (Å²) in [7, 11) is 0. The van der Waals surface area contributed by atoms with E-state index >= 15 is 0 Å². The van der Waals surface area contributed by atoms with Crippen LogP contribution in [0.2, 0.25) is 0 Å². The minimum absolute atomic E-state index is 0.0646. The number of aromatic hydroxyl groups is 1. The molecule has 1 aromatic carbocycles. The Balaban J connectivity index is 1.84. The third-order valence-corrected chi connectivity index (χ3v) is 7.13. The van der Waals surface area contributed by atoms with E-state index in [1.807, 2.05) is 6.07 Å². The Morgan fingerprint density at radius 1 is 1.17 bits per heavy atom. The van der Waals surface area contributed by atoms with Crippen molar-refractivity contribution in [2.45, 2.75) is 57.7 Å². The Morgan fingerprint density at radius 3 is 2.65 bits per heavy atom. The van der Waals surface area contributed by atoms with E-state index in [4.69, 9.17) is 0 Å². The van der Waals surface area contributed by atoms with Crippen molar-refractivity contribution in [1.29, 1.82) is 0 Å². The molecule has 4 heteroatoms.